The van der Waals surface area contributed by atoms with Crippen LogP contribution >= 0.6 is 0 Å². The number of ether oxygens (including phenoxy) is 1. The van der Waals surface area contributed by atoms with E-state index in [1.807, 2.05) is 60.7 Å². The summed E-state index contributed by atoms with van der Waals surface area (Å²) in [6.07, 6.45) is -0.378. The van der Waals surface area contributed by atoms with Gasteiger partial charge in [0, 0.05) is 0 Å². The second-order valence-electron chi connectivity index (χ2n) is 4.92. The van der Waals surface area contributed by atoms with Crippen LogP contribution in [0.25, 0.3) is 0 Å². The van der Waals surface area contributed by atoms with Gasteiger partial charge in [-0.25, -0.2) is 4.79 Å². The molecular formula is C16H18BNO4. The molecule has 2 aromatic rings. The lowest BCUT2D eigenvalue weighted by atomic mass is 9.76. The molecule has 0 saturated carbocycles. The summed E-state index contributed by atoms with van der Waals surface area (Å²) in [5.41, 5.74) is 1.76. The molecule has 3 N–H and O–H groups in total. The SMILES string of the molecule is O=C(N[C@@H](Cc1ccccc1)B(O)O)OCc1ccccc1. The standard InChI is InChI=1S/C16H18BNO4/c19-16(22-12-14-9-5-2-6-10-14)18-15(17(20)21)11-13-7-3-1-4-8-13/h1-10,15,20-21H,11-12H2,(H,18,19)/t15-/m0/s1. The average Bonchev–Trinajstić information content (AvgIpc) is 2.54. The fraction of sp³-hybridized carbons (Fsp3) is 0.188. The summed E-state index contributed by atoms with van der Waals surface area (Å²) in [5.74, 6) is -0.828. The van der Waals surface area contributed by atoms with Gasteiger partial charge in [0.05, 0.1) is 5.94 Å². The highest BCUT2D eigenvalue weighted by Gasteiger charge is 2.26. The molecule has 0 aliphatic heterocycles. The number of rotatable bonds is 6. The summed E-state index contributed by atoms with van der Waals surface area (Å²) in [6, 6.07) is 18.5. The Kier molecular flexibility index (Phi) is 6.00. The lowest BCUT2D eigenvalue weighted by Crippen LogP contribution is -2.48. The molecule has 0 fully saturated rings. The molecule has 0 aliphatic carbocycles. The van der Waals surface area contributed by atoms with E-state index in [4.69, 9.17) is 4.74 Å². The van der Waals surface area contributed by atoms with Gasteiger partial charge in [-0.1, -0.05) is 60.7 Å². The number of alkyl carbamates (subject to hydrolysis) is 1. The Balaban J connectivity index is 1.86. The molecule has 0 aromatic heterocycles. The summed E-state index contributed by atoms with van der Waals surface area (Å²) in [6.45, 7) is 0.131. The van der Waals surface area contributed by atoms with Gasteiger partial charge in [-0.2, -0.15) is 0 Å². The van der Waals surface area contributed by atoms with E-state index < -0.39 is 19.2 Å². The molecule has 1 atom stereocenters. The van der Waals surface area contributed by atoms with Gasteiger partial charge in [-0.05, 0) is 17.5 Å². The van der Waals surface area contributed by atoms with E-state index in [-0.39, 0.29) is 6.61 Å². The van der Waals surface area contributed by atoms with Crippen LogP contribution in [0.4, 0.5) is 4.79 Å². The molecule has 0 heterocycles. The second-order valence-corrected chi connectivity index (χ2v) is 4.92. The summed E-state index contributed by atoms with van der Waals surface area (Å²) < 4.78 is 5.07. The van der Waals surface area contributed by atoms with Crippen LogP contribution in [-0.4, -0.2) is 29.2 Å². The third kappa shape index (κ3) is 5.23. The Bertz CT molecular complexity index is 577. The van der Waals surface area contributed by atoms with Crippen molar-refractivity contribution >= 4 is 13.2 Å². The highest BCUT2D eigenvalue weighted by atomic mass is 16.5. The summed E-state index contributed by atoms with van der Waals surface area (Å²) in [4.78, 5) is 11.8. The fourth-order valence-electron chi connectivity index (χ4n) is 2.02. The van der Waals surface area contributed by atoms with E-state index in [2.05, 4.69) is 5.32 Å². The maximum absolute atomic E-state index is 11.8. The van der Waals surface area contributed by atoms with Crippen LogP contribution in [-0.2, 0) is 17.8 Å². The Labute approximate surface area is 129 Å². The molecule has 0 bridgehead atoms. The molecule has 0 saturated heterocycles. The van der Waals surface area contributed by atoms with Gasteiger partial charge in [0.25, 0.3) is 0 Å². The molecule has 0 unspecified atom stereocenters. The van der Waals surface area contributed by atoms with Crippen LogP contribution in [0.3, 0.4) is 0 Å². The van der Waals surface area contributed by atoms with Gasteiger partial charge < -0.3 is 20.1 Å². The number of amides is 1. The molecule has 6 heteroatoms. The largest absolute Gasteiger partial charge is 0.475 e. The normalized spacial score (nSPS) is 11.5. The van der Waals surface area contributed by atoms with E-state index in [9.17, 15) is 14.8 Å². The highest BCUT2D eigenvalue weighted by molar-refractivity contribution is 6.43. The minimum atomic E-state index is -1.66. The Morgan fingerprint density at radius 1 is 1.00 bits per heavy atom. The van der Waals surface area contributed by atoms with E-state index in [1.54, 1.807) is 0 Å². The molecule has 5 nitrogen and oxygen atoms in total. The molecule has 114 valence electrons. The topological polar surface area (TPSA) is 78.8 Å². The minimum absolute atomic E-state index is 0.131. The molecule has 2 aromatic carbocycles. The number of carbonyl (C=O) groups is 1. The first-order valence-corrected chi connectivity index (χ1v) is 7.02. The first kappa shape index (κ1) is 16.1. The zero-order valence-electron chi connectivity index (χ0n) is 12.1. The van der Waals surface area contributed by atoms with Crippen molar-refractivity contribution in [1.29, 1.82) is 0 Å². The molecule has 0 radical (unpaired) electrons. The molecule has 1 amide bonds. The molecule has 22 heavy (non-hydrogen) atoms. The summed E-state index contributed by atoms with van der Waals surface area (Å²) >= 11 is 0. The zero-order valence-corrected chi connectivity index (χ0v) is 12.1. The monoisotopic (exact) mass is 299 g/mol. The van der Waals surface area contributed by atoms with E-state index in [0.717, 1.165) is 11.1 Å². The predicted molar refractivity (Wildman–Crippen MR) is 83.9 cm³/mol. The van der Waals surface area contributed by atoms with Gasteiger partial charge in [0.2, 0.25) is 0 Å². The minimum Gasteiger partial charge on any atom is -0.445 e. The van der Waals surface area contributed by atoms with Crippen LogP contribution < -0.4 is 5.32 Å². The zero-order chi connectivity index (χ0) is 15.8. The Morgan fingerprint density at radius 3 is 2.09 bits per heavy atom. The van der Waals surface area contributed by atoms with E-state index >= 15 is 0 Å². The number of hydrogen-bond acceptors (Lipinski definition) is 4. The van der Waals surface area contributed by atoms with Crippen molar-refractivity contribution in [3.63, 3.8) is 0 Å². The first-order chi connectivity index (χ1) is 10.6. The van der Waals surface area contributed by atoms with Crippen molar-refractivity contribution < 1.29 is 19.6 Å². The number of hydrogen-bond donors (Lipinski definition) is 3. The van der Waals surface area contributed by atoms with Gasteiger partial charge in [0.1, 0.15) is 6.61 Å². The number of nitrogens with one attached hydrogen (secondary N) is 1. The summed E-state index contributed by atoms with van der Waals surface area (Å²) in [5, 5.41) is 21.3. The first-order valence-electron chi connectivity index (χ1n) is 7.02. The van der Waals surface area contributed by atoms with Crippen molar-refractivity contribution in [2.45, 2.75) is 19.0 Å². The van der Waals surface area contributed by atoms with Crippen LogP contribution in [0.1, 0.15) is 11.1 Å². The van der Waals surface area contributed by atoms with Gasteiger partial charge in [0.15, 0.2) is 0 Å². The fourth-order valence-corrected chi connectivity index (χ4v) is 2.02. The second kappa shape index (κ2) is 8.21. The van der Waals surface area contributed by atoms with Gasteiger partial charge in [-0.3, -0.25) is 0 Å². The molecule has 0 aliphatic rings. The predicted octanol–water partition coefficient (Wildman–Crippen LogP) is 1.54. The van der Waals surface area contributed by atoms with Crippen molar-refractivity contribution in [3.8, 4) is 0 Å². The molecular weight excluding hydrogens is 281 g/mol. The lowest BCUT2D eigenvalue weighted by molar-refractivity contribution is 0.136. The molecule has 0 spiro atoms. The van der Waals surface area contributed by atoms with Crippen LogP contribution in [0.15, 0.2) is 60.7 Å². The van der Waals surface area contributed by atoms with Crippen LogP contribution in [0.5, 0.6) is 0 Å². The van der Waals surface area contributed by atoms with Crippen molar-refractivity contribution in [2.75, 3.05) is 0 Å². The number of benzene rings is 2. The van der Waals surface area contributed by atoms with E-state index in [0.29, 0.717) is 6.42 Å². The Morgan fingerprint density at radius 2 is 1.55 bits per heavy atom. The smallest absolute Gasteiger partial charge is 0.445 e. The number of carbonyl (C=O) groups excluding carboxylic acids is 1. The lowest BCUT2D eigenvalue weighted by Gasteiger charge is -2.17. The van der Waals surface area contributed by atoms with E-state index in [1.165, 1.54) is 0 Å². The van der Waals surface area contributed by atoms with Crippen molar-refractivity contribution in [1.82, 2.24) is 5.32 Å². The summed E-state index contributed by atoms with van der Waals surface area (Å²) in [7, 11) is -1.66. The highest BCUT2D eigenvalue weighted by Crippen LogP contribution is 2.05. The van der Waals surface area contributed by atoms with Crippen LogP contribution in [0, 0.1) is 0 Å². The quantitative estimate of drug-likeness (QED) is 0.707. The Hall–Kier alpha value is -2.31. The molecule has 2 rings (SSSR count). The average molecular weight is 299 g/mol. The third-order valence-corrected chi connectivity index (χ3v) is 3.17. The van der Waals surface area contributed by atoms with Crippen molar-refractivity contribution in [2.24, 2.45) is 0 Å². The van der Waals surface area contributed by atoms with Gasteiger partial charge in [-0.15, -0.1) is 0 Å². The van der Waals surface area contributed by atoms with Crippen molar-refractivity contribution in [3.05, 3.63) is 71.8 Å². The maximum Gasteiger partial charge on any atom is 0.475 e. The van der Waals surface area contributed by atoms with Crippen LogP contribution in [0.2, 0.25) is 0 Å². The maximum atomic E-state index is 11.8. The van der Waals surface area contributed by atoms with Gasteiger partial charge >= 0.3 is 13.2 Å². The third-order valence-electron chi connectivity index (χ3n) is 3.17.